The first kappa shape index (κ1) is 65.0. The molecule has 0 heterocycles. The Hall–Kier alpha value is -8.26. The minimum atomic E-state index is -0.191. The molecular weight excluding hydrogens is 1160 g/mol. The molecule has 0 N–H and O–H groups in total. The first-order chi connectivity index (χ1) is 47.1. The molecule has 11 aromatic rings. The standard InChI is InChI=1S/C95H103N/c1-9-15-21-32-58-95(59-33-22-16-10-2)87-62-69(91-81-38-28-30-40-83(81)92(84-41-31-29-39-82(84)91)80-37-27-26-36-73(80)68-34-24-23-25-35-68)44-50-76(87)79-53-47-72(65-90(79)95)96(70-45-51-77-74-48-42-66(7)60-85(74)93(54-17-11-3,55-18-12-4)88(77)63-70)71-46-52-78-75-49-43-67(8)61-86(75)94(56-19-13-5,57-20-14-6)89(78)64-71/h23-31,34-53,60-65H,9-22,32-33,54-59H2,1-8H3. The van der Waals surface area contributed by atoms with Crippen LogP contribution in [0, 0.1) is 13.8 Å². The monoisotopic (exact) mass is 1260 g/mol. The van der Waals surface area contributed by atoms with Crippen molar-refractivity contribution in [2.24, 2.45) is 0 Å². The SMILES string of the molecule is CCCCCCC1(CCCCCC)c2cc(-c3c4ccccc4c(-c4ccccc4-c4ccccc4)c4ccccc34)ccc2-c2ccc(N(c3ccc4c(c3)C(CCCC)(CCCC)c3cc(C)ccc3-4)c3ccc4c(c3)C(CCCC)(CCCC)c3cc(C)ccc3-4)cc21. The molecule has 3 aliphatic carbocycles. The zero-order valence-corrected chi connectivity index (χ0v) is 59.2. The van der Waals surface area contributed by atoms with Crippen molar-refractivity contribution < 1.29 is 0 Å². The minimum absolute atomic E-state index is 0.0513. The molecule has 0 radical (unpaired) electrons. The molecule has 0 unspecified atom stereocenters. The third-order valence-electron chi connectivity index (χ3n) is 23.4. The van der Waals surface area contributed by atoms with E-state index in [4.69, 9.17) is 0 Å². The number of fused-ring (bicyclic) bond motifs is 11. The van der Waals surface area contributed by atoms with Gasteiger partial charge in [-0.2, -0.15) is 0 Å². The fourth-order valence-corrected chi connectivity index (χ4v) is 18.6. The third kappa shape index (κ3) is 11.4. The second-order valence-corrected chi connectivity index (χ2v) is 29.4. The van der Waals surface area contributed by atoms with Gasteiger partial charge >= 0.3 is 0 Å². The van der Waals surface area contributed by atoms with Crippen molar-refractivity contribution in [3.05, 3.63) is 257 Å². The van der Waals surface area contributed by atoms with Gasteiger partial charge in [0.25, 0.3) is 0 Å². The molecule has 0 spiro atoms. The van der Waals surface area contributed by atoms with Crippen molar-refractivity contribution in [1.29, 1.82) is 0 Å². The van der Waals surface area contributed by atoms with Gasteiger partial charge in [0, 0.05) is 33.3 Å². The van der Waals surface area contributed by atoms with E-state index in [9.17, 15) is 0 Å². The van der Waals surface area contributed by atoms with E-state index >= 15 is 0 Å². The van der Waals surface area contributed by atoms with E-state index in [1.54, 1.807) is 11.1 Å². The minimum Gasteiger partial charge on any atom is -0.310 e. The van der Waals surface area contributed by atoms with Crippen molar-refractivity contribution in [2.45, 2.75) is 213 Å². The first-order valence-electron chi connectivity index (χ1n) is 37.9. The summed E-state index contributed by atoms with van der Waals surface area (Å²) in [4.78, 5) is 2.75. The highest BCUT2D eigenvalue weighted by Gasteiger charge is 2.47. The molecule has 0 saturated heterocycles. The number of hydrogen-bond acceptors (Lipinski definition) is 1. The lowest BCUT2D eigenvalue weighted by Gasteiger charge is -2.36. The van der Waals surface area contributed by atoms with Crippen molar-refractivity contribution >= 4 is 38.6 Å². The van der Waals surface area contributed by atoms with Gasteiger partial charge in [-0.05, 0) is 217 Å². The maximum absolute atomic E-state index is 2.75. The van der Waals surface area contributed by atoms with Gasteiger partial charge in [-0.15, -0.1) is 0 Å². The van der Waals surface area contributed by atoms with Crippen molar-refractivity contribution in [1.82, 2.24) is 0 Å². The summed E-state index contributed by atoms with van der Waals surface area (Å²) in [5.74, 6) is 0. The number of rotatable bonds is 28. The van der Waals surface area contributed by atoms with Gasteiger partial charge in [0.05, 0.1) is 0 Å². The summed E-state index contributed by atoms with van der Waals surface area (Å²) in [6.45, 7) is 18.9. The molecule has 11 aromatic carbocycles. The fraction of sp³-hybridized carbons (Fsp3) is 0.347. The van der Waals surface area contributed by atoms with Crippen LogP contribution in [0.1, 0.15) is 227 Å². The highest BCUT2D eigenvalue weighted by atomic mass is 15.1. The highest BCUT2D eigenvalue weighted by molar-refractivity contribution is 6.22. The zero-order valence-electron chi connectivity index (χ0n) is 59.2. The van der Waals surface area contributed by atoms with Gasteiger partial charge in [-0.25, -0.2) is 0 Å². The summed E-state index contributed by atoms with van der Waals surface area (Å²) < 4.78 is 0. The average Bonchev–Trinajstić information content (AvgIpc) is 1.59. The van der Waals surface area contributed by atoms with Crippen LogP contribution in [-0.4, -0.2) is 0 Å². The number of nitrogens with zero attached hydrogens (tertiary/aromatic N) is 1. The number of hydrogen-bond donors (Lipinski definition) is 0. The Morgan fingerprint density at radius 1 is 0.240 bits per heavy atom. The summed E-state index contributed by atoms with van der Waals surface area (Å²) in [5, 5.41) is 5.21. The van der Waals surface area contributed by atoms with Crippen LogP contribution in [-0.2, 0) is 16.2 Å². The first-order valence-corrected chi connectivity index (χ1v) is 37.9. The quantitative estimate of drug-likeness (QED) is 0.0349. The summed E-state index contributed by atoms with van der Waals surface area (Å²) in [7, 11) is 0. The topological polar surface area (TPSA) is 3.24 Å². The van der Waals surface area contributed by atoms with Crippen LogP contribution >= 0.6 is 0 Å². The van der Waals surface area contributed by atoms with Crippen LogP contribution in [0.3, 0.4) is 0 Å². The van der Waals surface area contributed by atoms with E-state index in [0.717, 1.165) is 12.8 Å². The van der Waals surface area contributed by atoms with E-state index < -0.39 is 0 Å². The van der Waals surface area contributed by atoms with E-state index in [1.165, 1.54) is 267 Å². The predicted molar refractivity (Wildman–Crippen MR) is 416 cm³/mol. The van der Waals surface area contributed by atoms with Crippen LogP contribution < -0.4 is 4.90 Å². The van der Waals surface area contributed by atoms with Gasteiger partial charge in [-0.3, -0.25) is 0 Å². The van der Waals surface area contributed by atoms with Crippen molar-refractivity contribution in [3.8, 4) is 66.8 Å². The van der Waals surface area contributed by atoms with Crippen molar-refractivity contribution in [2.75, 3.05) is 4.90 Å². The van der Waals surface area contributed by atoms with E-state index in [-0.39, 0.29) is 16.2 Å². The van der Waals surface area contributed by atoms with Crippen LogP contribution in [0.4, 0.5) is 17.1 Å². The molecular formula is C95H103N. The second-order valence-electron chi connectivity index (χ2n) is 29.4. The van der Waals surface area contributed by atoms with E-state index in [2.05, 4.69) is 273 Å². The van der Waals surface area contributed by atoms with Gasteiger partial charge in [0.15, 0.2) is 0 Å². The lowest BCUT2D eigenvalue weighted by Crippen LogP contribution is -2.27. The summed E-state index contributed by atoms with van der Waals surface area (Å²) in [6.07, 6.45) is 26.4. The van der Waals surface area contributed by atoms with Crippen molar-refractivity contribution in [3.63, 3.8) is 0 Å². The Kier molecular flexibility index (Phi) is 19.0. The van der Waals surface area contributed by atoms with E-state index in [1.807, 2.05) is 0 Å². The molecule has 0 atom stereocenters. The van der Waals surface area contributed by atoms with Crippen LogP contribution in [0.15, 0.2) is 212 Å². The Bertz CT molecular complexity index is 4400. The molecule has 3 aliphatic rings. The maximum Gasteiger partial charge on any atom is 0.0465 e. The number of anilines is 3. The molecule has 0 amide bonds. The predicted octanol–water partition coefficient (Wildman–Crippen LogP) is 28.6. The van der Waals surface area contributed by atoms with Crippen LogP contribution in [0.5, 0.6) is 0 Å². The molecule has 0 fully saturated rings. The Balaban J connectivity index is 0.999. The van der Waals surface area contributed by atoms with Crippen LogP contribution in [0.2, 0.25) is 0 Å². The van der Waals surface area contributed by atoms with Gasteiger partial charge < -0.3 is 4.90 Å². The Labute approximate surface area is 576 Å². The van der Waals surface area contributed by atoms with Gasteiger partial charge in [0.2, 0.25) is 0 Å². The second kappa shape index (κ2) is 28.1. The molecule has 1 nitrogen and oxygen atoms in total. The zero-order chi connectivity index (χ0) is 66.0. The number of unbranched alkanes of at least 4 members (excludes halogenated alkanes) is 10. The molecule has 0 aliphatic heterocycles. The van der Waals surface area contributed by atoms with E-state index in [0.29, 0.717) is 0 Å². The smallest absolute Gasteiger partial charge is 0.0465 e. The third-order valence-corrected chi connectivity index (χ3v) is 23.4. The molecule has 0 aromatic heterocycles. The largest absolute Gasteiger partial charge is 0.310 e. The molecule has 96 heavy (non-hydrogen) atoms. The normalized spacial score (nSPS) is 14.2. The molecule has 0 saturated carbocycles. The maximum atomic E-state index is 2.75. The summed E-state index contributed by atoms with van der Waals surface area (Å²) in [6, 6.07) is 84.7. The fourth-order valence-electron chi connectivity index (χ4n) is 18.6. The summed E-state index contributed by atoms with van der Waals surface area (Å²) in [5.41, 5.74) is 31.8. The van der Waals surface area contributed by atoms with Gasteiger partial charge in [-0.1, -0.05) is 325 Å². The molecule has 488 valence electrons. The average molecular weight is 1260 g/mol. The molecule has 14 rings (SSSR count). The van der Waals surface area contributed by atoms with Gasteiger partial charge in [0.1, 0.15) is 0 Å². The highest BCUT2D eigenvalue weighted by Crippen LogP contribution is 2.61. The number of benzene rings is 11. The van der Waals surface area contributed by atoms with Crippen LogP contribution in [0.25, 0.3) is 88.3 Å². The molecule has 1 heteroatoms. The summed E-state index contributed by atoms with van der Waals surface area (Å²) >= 11 is 0. The molecule has 0 bridgehead atoms. The lowest BCUT2D eigenvalue weighted by molar-refractivity contribution is 0.401. The Morgan fingerprint density at radius 3 is 0.969 bits per heavy atom. The lowest BCUT2D eigenvalue weighted by atomic mass is 9.70. The number of aryl methyl sites for hydroxylation is 2. The Morgan fingerprint density at radius 2 is 0.562 bits per heavy atom.